The van der Waals surface area contributed by atoms with Crippen molar-refractivity contribution in [2.45, 2.75) is 19.3 Å². The van der Waals surface area contributed by atoms with Crippen LogP contribution in [0.5, 0.6) is 5.75 Å². The van der Waals surface area contributed by atoms with Gasteiger partial charge in [-0.3, -0.25) is 0 Å². The lowest BCUT2D eigenvalue weighted by atomic mass is 10.1. The molecule has 1 aromatic rings. The first-order valence-electron chi connectivity index (χ1n) is 4.54. The highest BCUT2D eigenvalue weighted by Crippen LogP contribution is 2.19. The number of carbonyl (C=O) groups excluding carboxylic acids is 1. The van der Waals surface area contributed by atoms with E-state index in [0.29, 0.717) is 6.42 Å². The fourth-order valence-electron chi connectivity index (χ4n) is 1.25. The monoisotopic (exact) mass is 196 g/mol. The van der Waals surface area contributed by atoms with Crippen molar-refractivity contribution in [2.24, 2.45) is 0 Å². The number of rotatable bonds is 5. The Morgan fingerprint density at radius 2 is 2.29 bits per heavy atom. The zero-order valence-corrected chi connectivity index (χ0v) is 8.13. The predicted molar refractivity (Wildman–Crippen MR) is 52.0 cm³/mol. The molecule has 1 aromatic carbocycles. The van der Waals surface area contributed by atoms with Gasteiger partial charge in [0.15, 0.2) is 11.6 Å². The van der Waals surface area contributed by atoms with Crippen LogP contribution in [0.1, 0.15) is 18.4 Å². The van der Waals surface area contributed by atoms with Gasteiger partial charge < -0.3 is 9.53 Å². The van der Waals surface area contributed by atoms with E-state index in [1.54, 1.807) is 12.1 Å². The summed E-state index contributed by atoms with van der Waals surface area (Å²) in [6, 6.07) is 4.76. The molecule has 0 saturated carbocycles. The number of benzene rings is 1. The Kier molecular flexibility index (Phi) is 4.11. The third kappa shape index (κ3) is 2.83. The van der Waals surface area contributed by atoms with Gasteiger partial charge in [-0.1, -0.05) is 6.07 Å². The van der Waals surface area contributed by atoms with E-state index >= 15 is 0 Å². The van der Waals surface area contributed by atoms with Gasteiger partial charge in [0.05, 0.1) is 7.11 Å². The van der Waals surface area contributed by atoms with Crippen LogP contribution in [0.15, 0.2) is 18.2 Å². The van der Waals surface area contributed by atoms with Gasteiger partial charge in [0.2, 0.25) is 0 Å². The Labute approximate surface area is 82.7 Å². The molecule has 0 unspecified atom stereocenters. The Morgan fingerprint density at radius 3 is 2.93 bits per heavy atom. The molecule has 0 aliphatic rings. The summed E-state index contributed by atoms with van der Waals surface area (Å²) in [5.74, 6) is -0.0970. The summed E-state index contributed by atoms with van der Waals surface area (Å²) < 4.78 is 17.8. The maximum absolute atomic E-state index is 13.0. The maximum Gasteiger partial charge on any atom is 0.165 e. The van der Waals surface area contributed by atoms with E-state index in [-0.39, 0.29) is 11.6 Å². The van der Waals surface area contributed by atoms with E-state index in [9.17, 15) is 9.18 Å². The second-order valence-electron chi connectivity index (χ2n) is 3.03. The summed E-state index contributed by atoms with van der Waals surface area (Å²) in [7, 11) is 1.44. The number of unbranched alkanes of at least 4 members (excludes halogenated alkanes) is 1. The van der Waals surface area contributed by atoms with Crippen molar-refractivity contribution < 1.29 is 13.9 Å². The molecule has 0 aromatic heterocycles. The molecular formula is C11H13FO2. The van der Waals surface area contributed by atoms with Crippen LogP contribution >= 0.6 is 0 Å². The van der Waals surface area contributed by atoms with Crippen LogP contribution in [-0.4, -0.2) is 13.4 Å². The number of halogens is 1. The molecule has 14 heavy (non-hydrogen) atoms. The number of hydrogen-bond acceptors (Lipinski definition) is 2. The molecule has 0 radical (unpaired) electrons. The molecule has 0 N–H and O–H groups in total. The third-order valence-corrected chi connectivity index (χ3v) is 2.00. The van der Waals surface area contributed by atoms with Crippen molar-refractivity contribution in [3.05, 3.63) is 29.6 Å². The smallest absolute Gasteiger partial charge is 0.165 e. The first kappa shape index (κ1) is 10.7. The average Bonchev–Trinajstić information content (AvgIpc) is 2.21. The van der Waals surface area contributed by atoms with Crippen LogP contribution in [0.4, 0.5) is 4.39 Å². The fourth-order valence-corrected chi connectivity index (χ4v) is 1.25. The van der Waals surface area contributed by atoms with Crippen LogP contribution in [0.3, 0.4) is 0 Å². The lowest BCUT2D eigenvalue weighted by Gasteiger charge is -2.04. The van der Waals surface area contributed by atoms with E-state index in [4.69, 9.17) is 4.74 Å². The van der Waals surface area contributed by atoms with Crippen molar-refractivity contribution in [1.82, 2.24) is 0 Å². The highest BCUT2D eigenvalue weighted by atomic mass is 19.1. The second-order valence-corrected chi connectivity index (χ2v) is 3.03. The zero-order chi connectivity index (χ0) is 10.4. The molecule has 1 rings (SSSR count). The van der Waals surface area contributed by atoms with E-state index in [0.717, 1.165) is 24.7 Å². The van der Waals surface area contributed by atoms with E-state index in [1.165, 1.54) is 13.2 Å². The number of methoxy groups -OCH3 is 1. The summed E-state index contributed by atoms with van der Waals surface area (Å²) in [5.41, 5.74) is 0.991. The lowest BCUT2D eigenvalue weighted by Crippen LogP contribution is -1.92. The van der Waals surface area contributed by atoms with Gasteiger partial charge in [0.25, 0.3) is 0 Å². The molecule has 0 saturated heterocycles. The number of aryl methyl sites for hydroxylation is 1. The summed E-state index contributed by atoms with van der Waals surface area (Å²) in [4.78, 5) is 10.1. The van der Waals surface area contributed by atoms with Gasteiger partial charge >= 0.3 is 0 Å². The van der Waals surface area contributed by atoms with Crippen LogP contribution in [0.2, 0.25) is 0 Å². The van der Waals surface area contributed by atoms with Gasteiger partial charge in [0, 0.05) is 6.42 Å². The molecule has 0 aliphatic heterocycles. The van der Waals surface area contributed by atoms with Gasteiger partial charge in [-0.25, -0.2) is 4.39 Å². The lowest BCUT2D eigenvalue weighted by molar-refractivity contribution is -0.107. The molecule has 0 amide bonds. The Bertz CT molecular complexity index is 310. The molecule has 0 spiro atoms. The molecule has 76 valence electrons. The summed E-state index contributed by atoms with van der Waals surface area (Å²) >= 11 is 0. The Balaban J connectivity index is 2.64. The Morgan fingerprint density at radius 1 is 1.50 bits per heavy atom. The van der Waals surface area contributed by atoms with Gasteiger partial charge in [-0.15, -0.1) is 0 Å². The maximum atomic E-state index is 13.0. The van der Waals surface area contributed by atoms with Crippen molar-refractivity contribution in [1.29, 1.82) is 0 Å². The first-order chi connectivity index (χ1) is 6.77. The number of carbonyl (C=O) groups is 1. The molecule has 0 fully saturated rings. The van der Waals surface area contributed by atoms with Crippen LogP contribution in [0.25, 0.3) is 0 Å². The van der Waals surface area contributed by atoms with E-state index < -0.39 is 0 Å². The number of ether oxygens (including phenoxy) is 1. The van der Waals surface area contributed by atoms with Crippen LogP contribution < -0.4 is 4.74 Å². The normalized spacial score (nSPS) is 9.86. The quantitative estimate of drug-likeness (QED) is 0.533. The highest BCUT2D eigenvalue weighted by Gasteiger charge is 2.02. The average molecular weight is 196 g/mol. The largest absolute Gasteiger partial charge is 0.494 e. The van der Waals surface area contributed by atoms with Crippen molar-refractivity contribution in [2.75, 3.05) is 7.11 Å². The number of hydrogen-bond donors (Lipinski definition) is 0. The molecular weight excluding hydrogens is 183 g/mol. The SMILES string of the molecule is COc1cc(CCCC=O)ccc1F. The minimum absolute atomic E-state index is 0.258. The van der Waals surface area contributed by atoms with Crippen LogP contribution in [-0.2, 0) is 11.2 Å². The van der Waals surface area contributed by atoms with Gasteiger partial charge in [-0.05, 0) is 30.5 Å². The predicted octanol–water partition coefficient (Wildman–Crippen LogP) is 2.36. The first-order valence-corrected chi connectivity index (χ1v) is 4.54. The minimum atomic E-state index is -0.355. The van der Waals surface area contributed by atoms with Crippen molar-refractivity contribution in [3.8, 4) is 5.75 Å². The Hall–Kier alpha value is -1.38. The molecule has 0 bridgehead atoms. The summed E-state index contributed by atoms with van der Waals surface area (Å²) in [6.45, 7) is 0. The summed E-state index contributed by atoms with van der Waals surface area (Å²) in [6.07, 6.45) is 2.99. The standard InChI is InChI=1S/C11H13FO2/c1-14-11-8-9(4-2-3-7-13)5-6-10(11)12/h5-8H,2-4H2,1H3. The third-order valence-electron chi connectivity index (χ3n) is 2.00. The molecule has 0 atom stereocenters. The highest BCUT2D eigenvalue weighted by molar-refractivity contribution is 5.49. The fraction of sp³-hybridized carbons (Fsp3) is 0.364. The number of aldehydes is 1. The van der Waals surface area contributed by atoms with Crippen LogP contribution in [0, 0.1) is 5.82 Å². The topological polar surface area (TPSA) is 26.3 Å². The van der Waals surface area contributed by atoms with Gasteiger partial charge in [-0.2, -0.15) is 0 Å². The van der Waals surface area contributed by atoms with Crippen molar-refractivity contribution in [3.63, 3.8) is 0 Å². The van der Waals surface area contributed by atoms with E-state index in [1.807, 2.05) is 0 Å². The molecule has 2 nitrogen and oxygen atoms in total. The summed E-state index contributed by atoms with van der Waals surface area (Å²) in [5, 5.41) is 0. The van der Waals surface area contributed by atoms with Gasteiger partial charge in [0.1, 0.15) is 6.29 Å². The van der Waals surface area contributed by atoms with Crippen molar-refractivity contribution >= 4 is 6.29 Å². The molecule has 0 heterocycles. The molecule has 0 aliphatic carbocycles. The molecule has 3 heteroatoms. The second kappa shape index (κ2) is 5.37. The van der Waals surface area contributed by atoms with E-state index in [2.05, 4.69) is 0 Å². The minimum Gasteiger partial charge on any atom is -0.494 e. The zero-order valence-electron chi connectivity index (χ0n) is 8.13.